The Kier molecular flexibility index (Phi) is 3.05. The number of fused-ring (bicyclic) bond motifs is 1. The second kappa shape index (κ2) is 4.13. The van der Waals surface area contributed by atoms with Crippen molar-refractivity contribution in [2.75, 3.05) is 0 Å². The predicted molar refractivity (Wildman–Crippen MR) is 61.8 cm³/mol. The van der Waals surface area contributed by atoms with Crippen LogP contribution in [-0.4, -0.2) is 10.4 Å². The molecule has 3 heteroatoms. The summed E-state index contributed by atoms with van der Waals surface area (Å²) in [7, 11) is 0. The Balaban J connectivity index is 2.41. The third kappa shape index (κ3) is 1.67. The molecule has 0 radical (unpaired) electrons. The first-order chi connectivity index (χ1) is 6.74. The molecule has 1 aliphatic heterocycles. The van der Waals surface area contributed by atoms with Gasteiger partial charge < -0.3 is 5.11 Å². The summed E-state index contributed by atoms with van der Waals surface area (Å²) in [5.41, 5.74) is 2.12. The molecule has 14 heavy (non-hydrogen) atoms. The van der Waals surface area contributed by atoms with Crippen molar-refractivity contribution >= 4 is 23.4 Å². The molecule has 0 aromatic heterocycles. The van der Waals surface area contributed by atoms with Crippen LogP contribution in [0.4, 0.5) is 0 Å². The van der Waals surface area contributed by atoms with Gasteiger partial charge in [0.2, 0.25) is 0 Å². The molecule has 1 aliphatic rings. The van der Waals surface area contributed by atoms with Crippen LogP contribution in [0.3, 0.4) is 0 Å². The summed E-state index contributed by atoms with van der Waals surface area (Å²) in [5, 5.41) is 11.2. The Morgan fingerprint density at radius 2 is 2.36 bits per heavy atom. The minimum atomic E-state index is -0.354. The van der Waals surface area contributed by atoms with Crippen LogP contribution in [0.1, 0.15) is 30.6 Å². The van der Waals surface area contributed by atoms with E-state index in [0.717, 1.165) is 28.3 Å². The van der Waals surface area contributed by atoms with Crippen molar-refractivity contribution in [2.45, 2.75) is 30.5 Å². The number of hydrogen-bond acceptors (Lipinski definition) is 2. The lowest BCUT2D eigenvalue weighted by Crippen LogP contribution is -2.20. The molecule has 0 spiro atoms. The first-order valence-corrected chi connectivity index (χ1v) is 6.23. The van der Waals surface area contributed by atoms with E-state index in [1.807, 2.05) is 18.2 Å². The average Bonchev–Trinajstić information content (AvgIpc) is 2.20. The molecule has 1 N–H and O–H groups in total. The summed E-state index contributed by atoms with van der Waals surface area (Å²) in [5.74, 6) is 0.921. The lowest BCUT2D eigenvalue weighted by Gasteiger charge is -2.29. The van der Waals surface area contributed by atoms with Crippen LogP contribution < -0.4 is 0 Å². The van der Waals surface area contributed by atoms with E-state index < -0.39 is 0 Å². The Bertz CT molecular complexity index is 340. The van der Waals surface area contributed by atoms with Crippen LogP contribution in [0, 0.1) is 0 Å². The van der Waals surface area contributed by atoms with Gasteiger partial charge in [-0.25, -0.2) is 0 Å². The van der Waals surface area contributed by atoms with E-state index in [-0.39, 0.29) is 6.10 Å². The highest BCUT2D eigenvalue weighted by Crippen LogP contribution is 2.41. The molecule has 2 rings (SSSR count). The number of aliphatic hydroxyl groups is 1. The van der Waals surface area contributed by atoms with Gasteiger partial charge in [0.05, 0.1) is 6.10 Å². The first kappa shape index (κ1) is 10.3. The second-order valence-electron chi connectivity index (χ2n) is 3.51. The van der Waals surface area contributed by atoms with E-state index in [9.17, 15) is 5.11 Å². The van der Waals surface area contributed by atoms with Crippen LogP contribution in [0.15, 0.2) is 18.2 Å². The van der Waals surface area contributed by atoms with Gasteiger partial charge in [0.1, 0.15) is 0 Å². The van der Waals surface area contributed by atoms with Gasteiger partial charge >= 0.3 is 0 Å². The minimum absolute atomic E-state index is 0.320. The molecule has 76 valence electrons. The highest BCUT2D eigenvalue weighted by Gasteiger charge is 2.27. The maximum absolute atomic E-state index is 10.1. The lowest BCUT2D eigenvalue weighted by atomic mass is 9.99. The Hall–Kier alpha value is -0.180. The molecule has 0 amide bonds. The highest BCUT2D eigenvalue weighted by molar-refractivity contribution is 7.99. The van der Waals surface area contributed by atoms with Gasteiger partial charge in [0.15, 0.2) is 0 Å². The topological polar surface area (TPSA) is 20.2 Å². The molecule has 2 atom stereocenters. The van der Waals surface area contributed by atoms with E-state index in [0.29, 0.717) is 5.25 Å². The van der Waals surface area contributed by atoms with Crippen LogP contribution in [-0.2, 0) is 5.75 Å². The van der Waals surface area contributed by atoms with Gasteiger partial charge in [-0.05, 0) is 23.6 Å². The molecule has 0 bridgehead atoms. The Morgan fingerprint density at radius 1 is 1.57 bits per heavy atom. The van der Waals surface area contributed by atoms with Gasteiger partial charge in [-0.15, -0.1) is 0 Å². The zero-order valence-corrected chi connectivity index (χ0v) is 9.61. The molecule has 2 unspecified atom stereocenters. The van der Waals surface area contributed by atoms with Crippen molar-refractivity contribution in [3.63, 3.8) is 0 Å². The fourth-order valence-corrected chi connectivity index (χ4v) is 3.42. The summed E-state index contributed by atoms with van der Waals surface area (Å²) >= 11 is 7.87. The SMILES string of the molecule is CCC1SCc2c(Cl)cccc2C1O. The monoisotopic (exact) mass is 228 g/mol. The lowest BCUT2D eigenvalue weighted by molar-refractivity contribution is 0.170. The average molecular weight is 229 g/mol. The van der Waals surface area contributed by atoms with E-state index >= 15 is 0 Å². The van der Waals surface area contributed by atoms with Gasteiger partial charge in [0.25, 0.3) is 0 Å². The summed E-state index contributed by atoms with van der Waals surface area (Å²) in [6, 6.07) is 5.78. The van der Waals surface area contributed by atoms with Gasteiger partial charge in [-0.1, -0.05) is 30.7 Å². The first-order valence-electron chi connectivity index (χ1n) is 4.81. The van der Waals surface area contributed by atoms with Crippen molar-refractivity contribution in [1.82, 2.24) is 0 Å². The molecule has 1 heterocycles. The smallest absolute Gasteiger partial charge is 0.0912 e. The van der Waals surface area contributed by atoms with Gasteiger partial charge in [-0.2, -0.15) is 11.8 Å². The van der Waals surface area contributed by atoms with Crippen LogP contribution in [0.25, 0.3) is 0 Å². The molecule has 1 nitrogen and oxygen atoms in total. The highest BCUT2D eigenvalue weighted by atomic mass is 35.5. The van der Waals surface area contributed by atoms with E-state index in [1.165, 1.54) is 0 Å². The zero-order valence-electron chi connectivity index (χ0n) is 8.03. The predicted octanol–water partition coefficient (Wildman–Crippen LogP) is 3.40. The minimum Gasteiger partial charge on any atom is -0.387 e. The third-order valence-electron chi connectivity index (χ3n) is 2.67. The van der Waals surface area contributed by atoms with Crippen molar-refractivity contribution < 1.29 is 5.11 Å². The molecule has 0 saturated carbocycles. The summed E-state index contributed by atoms with van der Waals surface area (Å²) < 4.78 is 0. The number of rotatable bonds is 1. The fraction of sp³-hybridized carbons (Fsp3) is 0.455. The van der Waals surface area contributed by atoms with Crippen LogP contribution >= 0.6 is 23.4 Å². The largest absolute Gasteiger partial charge is 0.387 e. The molecular formula is C11H13ClOS. The standard InChI is InChI=1S/C11H13ClOS/c1-2-10-11(13)7-4-3-5-9(12)8(7)6-14-10/h3-5,10-11,13H,2,6H2,1H3. The third-order valence-corrected chi connectivity index (χ3v) is 4.50. The molecule has 0 fully saturated rings. The summed E-state index contributed by atoms with van der Waals surface area (Å²) in [6.07, 6.45) is 0.644. The molecule has 1 aromatic carbocycles. The Morgan fingerprint density at radius 3 is 3.07 bits per heavy atom. The maximum Gasteiger partial charge on any atom is 0.0912 e. The zero-order chi connectivity index (χ0) is 10.1. The number of thioether (sulfide) groups is 1. The van der Waals surface area contributed by atoms with Crippen LogP contribution in [0.5, 0.6) is 0 Å². The summed E-state index contributed by atoms with van der Waals surface area (Å²) in [6.45, 7) is 2.11. The van der Waals surface area contributed by atoms with E-state index in [4.69, 9.17) is 11.6 Å². The van der Waals surface area contributed by atoms with Gasteiger partial charge in [0, 0.05) is 16.0 Å². The van der Waals surface area contributed by atoms with Crippen molar-refractivity contribution in [3.8, 4) is 0 Å². The Labute approximate surface area is 93.5 Å². The quantitative estimate of drug-likeness (QED) is 0.795. The fourth-order valence-electron chi connectivity index (χ4n) is 1.83. The normalized spacial score (nSPS) is 25.9. The number of halogens is 1. The number of aliphatic hydroxyl groups excluding tert-OH is 1. The van der Waals surface area contributed by atoms with Gasteiger partial charge in [-0.3, -0.25) is 0 Å². The van der Waals surface area contributed by atoms with Crippen molar-refractivity contribution in [2.24, 2.45) is 0 Å². The number of benzene rings is 1. The second-order valence-corrected chi connectivity index (χ2v) is 5.14. The molecule has 0 saturated heterocycles. The van der Waals surface area contributed by atoms with Crippen molar-refractivity contribution in [3.05, 3.63) is 34.3 Å². The summed E-state index contributed by atoms with van der Waals surface area (Å²) in [4.78, 5) is 0. The molecule has 0 aliphatic carbocycles. The molecular weight excluding hydrogens is 216 g/mol. The van der Waals surface area contributed by atoms with Crippen LogP contribution in [0.2, 0.25) is 5.02 Å². The van der Waals surface area contributed by atoms with E-state index in [1.54, 1.807) is 11.8 Å². The van der Waals surface area contributed by atoms with E-state index in [2.05, 4.69) is 6.92 Å². The number of hydrogen-bond donors (Lipinski definition) is 1. The molecule has 1 aromatic rings. The maximum atomic E-state index is 10.1. The van der Waals surface area contributed by atoms with Crippen molar-refractivity contribution in [1.29, 1.82) is 0 Å².